The molecule has 0 spiro atoms. The van der Waals surface area contributed by atoms with Crippen molar-refractivity contribution in [2.45, 2.75) is 32.4 Å². The smallest absolute Gasteiger partial charge is 0.406 e. The average molecular weight is 267 g/mol. The molecular formula is C11H16F3NO3. The van der Waals surface area contributed by atoms with Gasteiger partial charge >= 0.3 is 12.1 Å². The van der Waals surface area contributed by atoms with Crippen molar-refractivity contribution in [2.75, 3.05) is 13.1 Å². The minimum absolute atomic E-state index is 0.0212. The van der Waals surface area contributed by atoms with E-state index in [0.717, 1.165) is 4.90 Å². The van der Waals surface area contributed by atoms with Gasteiger partial charge in [-0.1, -0.05) is 0 Å². The first-order valence-electron chi connectivity index (χ1n) is 5.83. The first-order chi connectivity index (χ1) is 8.24. The van der Waals surface area contributed by atoms with Gasteiger partial charge in [0.15, 0.2) is 0 Å². The lowest BCUT2D eigenvalue weighted by atomic mass is 10.0. The fourth-order valence-electron chi connectivity index (χ4n) is 2.25. The van der Waals surface area contributed by atoms with Gasteiger partial charge in [-0.05, 0) is 26.2 Å². The van der Waals surface area contributed by atoms with Gasteiger partial charge in [0.05, 0.1) is 5.92 Å². The van der Waals surface area contributed by atoms with E-state index in [1.165, 1.54) is 6.92 Å². The van der Waals surface area contributed by atoms with Crippen LogP contribution in [0.2, 0.25) is 0 Å². The molecule has 2 atom stereocenters. The van der Waals surface area contributed by atoms with E-state index in [9.17, 15) is 22.8 Å². The Kier molecular flexibility index (Phi) is 4.59. The molecule has 0 aromatic rings. The minimum Gasteiger partial charge on any atom is -0.481 e. The Morgan fingerprint density at radius 1 is 1.28 bits per heavy atom. The Bertz CT molecular complexity index is 330. The van der Waals surface area contributed by atoms with Crippen LogP contribution in [0.25, 0.3) is 0 Å². The largest absolute Gasteiger partial charge is 0.481 e. The maximum atomic E-state index is 12.3. The van der Waals surface area contributed by atoms with Gasteiger partial charge in [-0.15, -0.1) is 0 Å². The number of nitrogens with zero attached hydrogens (tertiary/aromatic N) is 1. The molecule has 0 aromatic heterocycles. The summed E-state index contributed by atoms with van der Waals surface area (Å²) in [4.78, 5) is 23.3. The van der Waals surface area contributed by atoms with Gasteiger partial charge in [0.2, 0.25) is 5.91 Å². The third-order valence-corrected chi connectivity index (χ3v) is 3.19. The van der Waals surface area contributed by atoms with Gasteiger partial charge in [0.1, 0.15) is 6.54 Å². The molecule has 0 heterocycles. The van der Waals surface area contributed by atoms with Crippen molar-refractivity contribution in [3.63, 3.8) is 0 Å². The number of alkyl halides is 3. The highest BCUT2D eigenvalue weighted by Gasteiger charge is 2.39. The molecule has 0 saturated heterocycles. The number of carbonyl (C=O) groups excluding carboxylic acids is 1. The summed E-state index contributed by atoms with van der Waals surface area (Å²) in [5.74, 6) is -2.76. The maximum Gasteiger partial charge on any atom is 0.406 e. The molecule has 1 rings (SSSR count). The zero-order valence-electron chi connectivity index (χ0n) is 10.0. The van der Waals surface area contributed by atoms with E-state index < -0.39 is 36.4 Å². The number of carbonyl (C=O) groups is 2. The van der Waals surface area contributed by atoms with Crippen molar-refractivity contribution in [1.82, 2.24) is 4.90 Å². The average Bonchev–Trinajstić information content (AvgIpc) is 2.72. The Labute approximate surface area is 103 Å². The third-order valence-electron chi connectivity index (χ3n) is 3.19. The zero-order chi connectivity index (χ0) is 13.9. The van der Waals surface area contributed by atoms with E-state index in [2.05, 4.69) is 0 Å². The predicted octanol–water partition coefficient (Wildman–Crippen LogP) is 1.90. The highest BCUT2D eigenvalue weighted by Crippen LogP contribution is 2.33. The van der Waals surface area contributed by atoms with Crippen molar-refractivity contribution in [3.05, 3.63) is 0 Å². The first kappa shape index (κ1) is 14.8. The van der Waals surface area contributed by atoms with Gasteiger partial charge in [0.25, 0.3) is 0 Å². The van der Waals surface area contributed by atoms with Crippen LogP contribution in [0.15, 0.2) is 0 Å². The van der Waals surface area contributed by atoms with Gasteiger partial charge < -0.3 is 10.0 Å². The molecule has 1 aliphatic carbocycles. The van der Waals surface area contributed by atoms with Crippen LogP contribution in [0.4, 0.5) is 13.2 Å². The maximum absolute atomic E-state index is 12.3. The SMILES string of the molecule is CCN(CC(F)(F)F)C(=O)C1CCC(C(=O)O)C1. The van der Waals surface area contributed by atoms with Crippen molar-refractivity contribution in [2.24, 2.45) is 11.8 Å². The summed E-state index contributed by atoms with van der Waals surface area (Å²) in [6.45, 7) is 0.191. The molecule has 0 aliphatic heterocycles. The summed E-state index contributed by atoms with van der Waals surface area (Å²) in [5, 5.41) is 8.79. The standard InChI is InChI=1S/C11H16F3NO3/c1-2-15(6-11(12,13)14)9(16)7-3-4-8(5-7)10(17)18/h7-8H,2-6H2,1H3,(H,17,18). The quantitative estimate of drug-likeness (QED) is 0.846. The summed E-state index contributed by atoms with van der Waals surface area (Å²) < 4.78 is 36.8. The summed E-state index contributed by atoms with van der Waals surface area (Å²) in [7, 11) is 0. The van der Waals surface area contributed by atoms with Gasteiger partial charge in [-0.25, -0.2) is 0 Å². The van der Waals surface area contributed by atoms with Crippen LogP contribution in [0.1, 0.15) is 26.2 Å². The molecule has 7 heteroatoms. The number of rotatable bonds is 4. The molecule has 4 nitrogen and oxygen atoms in total. The lowest BCUT2D eigenvalue weighted by Crippen LogP contribution is -2.41. The van der Waals surface area contributed by atoms with Crippen LogP contribution in [-0.2, 0) is 9.59 Å². The normalized spacial score (nSPS) is 24.0. The second-order valence-electron chi connectivity index (χ2n) is 4.51. The number of hydrogen-bond donors (Lipinski definition) is 1. The van der Waals surface area contributed by atoms with Crippen LogP contribution < -0.4 is 0 Å². The van der Waals surface area contributed by atoms with Crippen molar-refractivity contribution in [3.8, 4) is 0 Å². The minimum atomic E-state index is -4.42. The molecule has 0 radical (unpaired) electrons. The van der Waals surface area contributed by atoms with Gasteiger partial charge in [0, 0.05) is 12.5 Å². The van der Waals surface area contributed by atoms with E-state index in [-0.39, 0.29) is 13.0 Å². The van der Waals surface area contributed by atoms with Crippen molar-refractivity contribution in [1.29, 1.82) is 0 Å². The predicted molar refractivity (Wildman–Crippen MR) is 56.8 cm³/mol. The first-order valence-corrected chi connectivity index (χ1v) is 5.83. The number of carboxylic acid groups (broad SMARTS) is 1. The van der Waals surface area contributed by atoms with Crippen LogP contribution in [-0.4, -0.2) is 41.1 Å². The number of hydrogen-bond acceptors (Lipinski definition) is 2. The lowest BCUT2D eigenvalue weighted by Gasteiger charge is -2.25. The molecule has 2 unspecified atom stereocenters. The van der Waals surface area contributed by atoms with E-state index in [4.69, 9.17) is 5.11 Å². The fraction of sp³-hybridized carbons (Fsp3) is 0.818. The summed E-state index contributed by atoms with van der Waals surface area (Å²) >= 11 is 0. The zero-order valence-corrected chi connectivity index (χ0v) is 10.0. The van der Waals surface area contributed by atoms with Gasteiger partial charge in [-0.3, -0.25) is 9.59 Å². The van der Waals surface area contributed by atoms with Crippen LogP contribution in [0.5, 0.6) is 0 Å². The Morgan fingerprint density at radius 3 is 2.22 bits per heavy atom. The third kappa shape index (κ3) is 3.89. The molecule has 104 valence electrons. The Hall–Kier alpha value is -1.27. The number of aliphatic carboxylic acids is 1. The molecule has 0 bridgehead atoms. The number of carboxylic acids is 1. The molecule has 1 saturated carbocycles. The highest BCUT2D eigenvalue weighted by atomic mass is 19.4. The van der Waals surface area contributed by atoms with Crippen LogP contribution in [0, 0.1) is 11.8 Å². The monoisotopic (exact) mass is 267 g/mol. The Morgan fingerprint density at radius 2 is 1.83 bits per heavy atom. The molecule has 1 amide bonds. The van der Waals surface area contributed by atoms with Crippen molar-refractivity contribution >= 4 is 11.9 Å². The Balaban J connectivity index is 2.60. The second kappa shape index (κ2) is 5.58. The summed E-state index contributed by atoms with van der Waals surface area (Å²) in [6, 6.07) is 0. The van der Waals surface area contributed by atoms with Crippen LogP contribution >= 0.6 is 0 Å². The summed E-state index contributed by atoms with van der Waals surface area (Å²) in [5.41, 5.74) is 0. The molecule has 1 N–H and O–H groups in total. The molecule has 1 fully saturated rings. The van der Waals surface area contributed by atoms with Gasteiger partial charge in [-0.2, -0.15) is 13.2 Å². The highest BCUT2D eigenvalue weighted by molar-refractivity contribution is 5.81. The number of amides is 1. The van der Waals surface area contributed by atoms with Crippen molar-refractivity contribution < 1.29 is 27.9 Å². The topological polar surface area (TPSA) is 57.6 Å². The molecule has 0 aromatic carbocycles. The fourth-order valence-corrected chi connectivity index (χ4v) is 2.25. The number of halogens is 3. The molecule has 1 aliphatic rings. The van der Waals surface area contributed by atoms with E-state index >= 15 is 0 Å². The second-order valence-corrected chi connectivity index (χ2v) is 4.51. The molecule has 18 heavy (non-hydrogen) atoms. The molecular weight excluding hydrogens is 251 g/mol. The summed E-state index contributed by atoms with van der Waals surface area (Å²) in [6.07, 6.45) is -3.57. The lowest BCUT2D eigenvalue weighted by molar-refractivity contribution is -0.163. The van der Waals surface area contributed by atoms with E-state index in [1.54, 1.807) is 0 Å². The van der Waals surface area contributed by atoms with E-state index in [0.29, 0.717) is 12.8 Å². The van der Waals surface area contributed by atoms with Crippen LogP contribution in [0.3, 0.4) is 0 Å². The van der Waals surface area contributed by atoms with E-state index in [1.807, 2.05) is 0 Å².